The molecule has 0 bridgehead atoms. The number of nitrogens with one attached hydrogen (secondary N) is 1. The van der Waals surface area contributed by atoms with Crippen molar-refractivity contribution in [1.29, 1.82) is 0 Å². The number of rotatable bonds is 14. The van der Waals surface area contributed by atoms with Crippen LogP contribution < -0.4 is 22.8 Å². The first-order valence-electron chi connectivity index (χ1n) is 36.0. The molecule has 0 aliphatic rings. The van der Waals surface area contributed by atoms with Crippen LogP contribution >= 0.6 is 89.4 Å². The molecule has 0 fully saturated rings. The van der Waals surface area contributed by atoms with E-state index in [4.69, 9.17) is 17.3 Å². The van der Waals surface area contributed by atoms with E-state index in [-0.39, 0.29) is 28.2 Å². The van der Waals surface area contributed by atoms with Crippen molar-refractivity contribution >= 4 is 111 Å². The number of hydrogen-bond acceptors (Lipinski definition) is 18. The Bertz CT molecular complexity index is 5570. The molecule has 16 aromatic rings. The van der Waals surface area contributed by atoms with Gasteiger partial charge in [-0.2, -0.15) is 0 Å². The predicted octanol–water partition coefficient (Wildman–Crippen LogP) is 23.3. The number of anilines is 1. The summed E-state index contributed by atoms with van der Waals surface area (Å²) in [6.45, 7) is 15.8. The fraction of sp³-hybridized carbons (Fsp3) is 0.110. The van der Waals surface area contributed by atoms with Crippen molar-refractivity contribution in [3.8, 4) is 86.8 Å². The minimum absolute atomic E-state index is 0.000000000000000222. The summed E-state index contributed by atoms with van der Waals surface area (Å²) < 4.78 is 0.559. The van der Waals surface area contributed by atoms with Crippen LogP contribution in [0.4, 0.5) is 5.13 Å². The van der Waals surface area contributed by atoms with Crippen molar-refractivity contribution < 1.29 is 22.7 Å². The fourth-order valence-electron chi connectivity index (χ4n) is 11.5. The van der Waals surface area contributed by atoms with Gasteiger partial charge in [0.05, 0.1) is 52.3 Å². The van der Waals surface area contributed by atoms with Crippen LogP contribution in [0.15, 0.2) is 297 Å². The molecule has 25 heteroatoms. The van der Waals surface area contributed by atoms with Crippen molar-refractivity contribution in [3.05, 3.63) is 368 Å². The number of ketones is 2. The Morgan fingerprint density at radius 3 is 1.16 bits per heavy atom. The second-order valence-corrected chi connectivity index (χ2v) is 32.6. The summed E-state index contributed by atoms with van der Waals surface area (Å²) in [6, 6.07) is 82.8. The van der Waals surface area contributed by atoms with Crippen LogP contribution in [0.5, 0.6) is 0 Å². The number of pyridine rings is 6. The van der Waals surface area contributed by atoms with Crippen LogP contribution in [0.2, 0.25) is 4.47 Å². The molecule has 10 heterocycles. The molecule has 6 aromatic carbocycles. The first-order valence-corrected chi connectivity index (χ1v) is 42.6. The predicted molar refractivity (Wildman–Crippen MR) is 483 cm³/mol. The van der Waals surface area contributed by atoms with Crippen molar-refractivity contribution in [2.45, 2.75) is 67.7 Å². The third kappa shape index (κ3) is 27.5. The van der Waals surface area contributed by atoms with Gasteiger partial charge in [0, 0.05) is 123 Å². The number of nitrogen functional groups attached to an aromatic ring is 1. The number of thiocarbonyl (C=S) groups is 1. The van der Waals surface area contributed by atoms with Crippen molar-refractivity contribution in [1.82, 2.24) is 49.8 Å². The van der Waals surface area contributed by atoms with Crippen LogP contribution in [0.1, 0.15) is 83.2 Å². The summed E-state index contributed by atoms with van der Waals surface area (Å²) in [7, 11) is 9.34. The molecular formula is C91H82Cl3CuN13O3S5. The number of halogens is 3. The molecular weight excluding hydrogens is 1650 g/mol. The van der Waals surface area contributed by atoms with Gasteiger partial charge in [-0.25, -0.2) is 19.9 Å². The molecule has 0 aliphatic carbocycles. The SMILES string of the molecule is Cc1cc(-c2sc(C)nc2-c2ccccc2)ccn1.Cc1cc(-c2sc(Cl)nc2-c2ccccc2)ccn1.Cc1cc(-c2sc(N)nc2-c2ccccc2)ccn1.Cc1cc(C(C)C(=O)c2ccccc2)ccn1.Cc1cc(CC(=O)c2ccccc2)ccn1.Cc1nc(-c2ccccc2)c(-c2cc[nH]c(=O)c2)s1.NC(N)=S.[Cl][Cu][Cl]. The Kier molecular flexibility index (Phi) is 35.0. The van der Waals surface area contributed by atoms with Crippen LogP contribution in [-0.2, 0) is 19.6 Å². The maximum absolute atomic E-state index is 12.2. The fourth-order valence-corrected chi connectivity index (χ4v) is 15.4. The van der Waals surface area contributed by atoms with Gasteiger partial charge in [-0.3, -0.25) is 39.3 Å². The number of thiazole rings is 4. The number of aryl methyl sites for hydroxylation is 7. The Balaban J connectivity index is 0.000000157. The molecule has 0 aliphatic heterocycles. The monoisotopic (exact) mass is 1730 g/mol. The third-order valence-corrected chi connectivity index (χ3v) is 20.9. The first-order chi connectivity index (χ1) is 56.0. The normalized spacial score (nSPS) is 10.5. The van der Waals surface area contributed by atoms with E-state index in [1.165, 1.54) is 33.1 Å². The molecule has 7 N–H and O–H groups in total. The summed E-state index contributed by atoms with van der Waals surface area (Å²) in [5.74, 6) is 0.168. The molecule has 0 saturated carbocycles. The zero-order valence-corrected chi connectivity index (χ0v) is 71.7. The number of carbonyl (C=O) groups is 2. The number of benzene rings is 6. The van der Waals surface area contributed by atoms with Gasteiger partial charge in [-0.1, -0.05) is 212 Å². The second-order valence-electron chi connectivity index (χ2n) is 25.6. The second kappa shape index (κ2) is 45.7. The molecule has 0 spiro atoms. The molecule has 16 rings (SSSR count). The van der Waals surface area contributed by atoms with Crippen LogP contribution in [0, 0.1) is 48.5 Å². The van der Waals surface area contributed by atoms with E-state index >= 15 is 0 Å². The molecule has 0 saturated heterocycles. The maximum atomic E-state index is 12.2. The number of nitrogens with two attached hydrogens (primary N) is 3. The Morgan fingerprint density at radius 1 is 0.422 bits per heavy atom. The standard InChI is InChI=1S/C16H14N2S.C15H11ClN2S.C15H13N3S.C15H12N2OS.C15H15NO.C14H13NO.CH4N2S.2ClH.Cu/c1-11-10-14(8-9-17-11)16-15(18-12(2)19-16)13-6-4-3-5-7-13;2*1-10-9-12(7-8-17-10)14-13(18-15(16)19-14)11-5-3-2-4-6-11;1-10-17-14(11-5-3-2-4-6-11)15(19-10)12-7-8-16-13(18)9-12;1-11-10-14(8-9-16-11)12(2)15(17)13-6-4-3-5-7-13;1-11-9-12(7-8-15-11)10-14(16)13-5-3-2-4-6-13;2-1(3)4;;;/h3-10H,1-2H3;2-9H,1H3;2-9H,1H3,(H2,16,18);2-9H,1H3,(H,16,18);3-10,12H,1-2H3;2-9H,10H2,1H3;(H4,2,3,4);2*1H;/q;;;;;;;;;+2/p-2. The molecule has 1 atom stereocenters. The Hall–Kier alpha value is -11.2. The summed E-state index contributed by atoms with van der Waals surface area (Å²) >= 11 is 17.3. The molecule has 10 aromatic heterocycles. The van der Waals surface area contributed by atoms with Crippen molar-refractivity contribution in [2.24, 2.45) is 11.5 Å². The number of nitrogens with zero attached hydrogens (tertiary/aromatic N) is 9. The summed E-state index contributed by atoms with van der Waals surface area (Å²) in [6.07, 6.45) is 11.1. The average molecular weight is 1740 g/mol. The van der Waals surface area contributed by atoms with E-state index < -0.39 is 0 Å². The van der Waals surface area contributed by atoms with E-state index in [9.17, 15) is 14.4 Å². The molecule has 0 amide bonds. The van der Waals surface area contributed by atoms with E-state index in [0.717, 1.165) is 150 Å². The number of aromatic amines is 1. The van der Waals surface area contributed by atoms with Crippen molar-refractivity contribution in [2.75, 3.05) is 5.73 Å². The van der Waals surface area contributed by atoms with Crippen LogP contribution in [-0.4, -0.2) is 66.5 Å². The third-order valence-electron chi connectivity index (χ3n) is 16.7. The van der Waals surface area contributed by atoms with Gasteiger partial charge in [0.2, 0.25) is 5.56 Å². The van der Waals surface area contributed by atoms with E-state index in [1.807, 2.05) is 285 Å². The summed E-state index contributed by atoms with van der Waals surface area (Å²) in [4.78, 5) is 81.8. The van der Waals surface area contributed by atoms with Crippen LogP contribution in [0.3, 0.4) is 0 Å². The quantitative estimate of drug-likeness (QED) is 0.0448. The van der Waals surface area contributed by atoms with Gasteiger partial charge < -0.3 is 22.2 Å². The number of H-pyrrole nitrogens is 1. The van der Waals surface area contributed by atoms with Crippen molar-refractivity contribution in [3.63, 3.8) is 0 Å². The number of carbonyl (C=O) groups excluding carboxylic acids is 2. The summed E-state index contributed by atoms with van der Waals surface area (Å²) in [5, 5.41) is 2.67. The number of Topliss-reactive ketones (excluding diaryl/α,β-unsaturated/α-hetero) is 2. The number of aromatic nitrogens is 10. The summed E-state index contributed by atoms with van der Waals surface area (Å²) in [5.41, 5.74) is 36.1. The first kappa shape index (κ1) is 88.7. The van der Waals surface area contributed by atoms with E-state index in [1.54, 1.807) is 47.3 Å². The topological polar surface area (TPSA) is 261 Å². The zero-order valence-electron chi connectivity index (χ0n) is 64.5. The van der Waals surface area contributed by atoms with E-state index in [2.05, 4.69) is 131 Å². The average Bonchev–Trinajstić information content (AvgIpc) is 1.67. The van der Waals surface area contributed by atoms with E-state index in [0.29, 0.717) is 16.0 Å². The van der Waals surface area contributed by atoms with Gasteiger partial charge >= 0.3 is 33.3 Å². The molecule has 16 nitrogen and oxygen atoms in total. The molecule has 1 unspecified atom stereocenters. The molecule has 0 radical (unpaired) electrons. The van der Waals surface area contributed by atoms with Gasteiger partial charge in [0.1, 0.15) is 0 Å². The molecule has 116 heavy (non-hydrogen) atoms. The number of hydrogen-bond donors (Lipinski definition) is 4. The van der Waals surface area contributed by atoms with Gasteiger partial charge in [0.25, 0.3) is 0 Å². The Labute approximate surface area is 716 Å². The minimum atomic E-state index is -0.126. The molecule has 591 valence electrons. The van der Waals surface area contributed by atoms with Gasteiger partial charge in [0.15, 0.2) is 26.3 Å². The van der Waals surface area contributed by atoms with Gasteiger partial charge in [-0.05, 0) is 155 Å². The van der Waals surface area contributed by atoms with Gasteiger partial charge in [-0.15, -0.1) is 34.0 Å². The van der Waals surface area contributed by atoms with Crippen LogP contribution in [0.25, 0.3) is 86.8 Å². The Morgan fingerprint density at radius 2 is 0.759 bits per heavy atom. The zero-order chi connectivity index (χ0) is 82.9.